The summed E-state index contributed by atoms with van der Waals surface area (Å²) in [6.07, 6.45) is 0. The van der Waals surface area contributed by atoms with Crippen molar-refractivity contribution in [2.24, 2.45) is 0 Å². The number of fused-ring (bicyclic) bond motifs is 1. The maximum Gasteiger partial charge on any atom is 0.269 e. The maximum absolute atomic E-state index is 12.7. The molecule has 2 heterocycles. The summed E-state index contributed by atoms with van der Waals surface area (Å²) in [6.45, 7) is -0.565. The average molecular weight is 412 g/mol. The van der Waals surface area contributed by atoms with Gasteiger partial charge in [-0.05, 0) is 29.1 Å². The topological polar surface area (TPSA) is 83.6 Å². The number of carbonyl (C=O) groups excluding carboxylic acids is 2. The van der Waals surface area contributed by atoms with Crippen molar-refractivity contribution in [2.45, 2.75) is 10.9 Å². The van der Waals surface area contributed by atoms with Gasteiger partial charge in [0.2, 0.25) is 5.91 Å². The Kier molecular flexibility index (Phi) is 4.74. The summed E-state index contributed by atoms with van der Waals surface area (Å²) in [5, 5.41) is 4.77. The van der Waals surface area contributed by atoms with E-state index in [-0.39, 0.29) is 10.5 Å². The highest BCUT2D eigenvalue weighted by Crippen LogP contribution is 2.30. The van der Waals surface area contributed by atoms with Crippen LogP contribution in [0.3, 0.4) is 0 Å². The second-order valence-electron chi connectivity index (χ2n) is 6.24. The molecule has 2 aromatic carbocycles. The van der Waals surface area contributed by atoms with Crippen LogP contribution in [0.2, 0.25) is 0 Å². The molecule has 0 fully saturated rings. The van der Waals surface area contributed by atoms with E-state index in [1.165, 1.54) is 23.5 Å². The molecule has 1 N–H and O–H groups in total. The van der Waals surface area contributed by atoms with Crippen molar-refractivity contribution in [2.75, 3.05) is 6.54 Å². The van der Waals surface area contributed by atoms with E-state index in [1.54, 1.807) is 12.1 Å². The fourth-order valence-electron chi connectivity index (χ4n) is 3.14. The maximum atomic E-state index is 12.7. The Morgan fingerprint density at radius 3 is 2.39 bits per heavy atom. The number of hydrogen-bond acceptors (Lipinski definition) is 5. The predicted octanol–water partition coefficient (Wildman–Crippen LogP) is 2.80. The molecule has 0 bridgehead atoms. The van der Waals surface area contributed by atoms with E-state index in [9.17, 15) is 18.0 Å². The molecule has 0 spiro atoms. The average Bonchev–Trinajstić information content (AvgIpc) is 3.30. The summed E-state index contributed by atoms with van der Waals surface area (Å²) in [4.78, 5) is 26.0. The Morgan fingerprint density at radius 2 is 1.71 bits per heavy atom. The summed E-state index contributed by atoms with van der Waals surface area (Å²) >= 11 is 1.49. The first kappa shape index (κ1) is 18.4. The second kappa shape index (κ2) is 7.21. The van der Waals surface area contributed by atoms with Gasteiger partial charge in [0.15, 0.2) is 0 Å². The first-order valence-corrected chi connectivity index (χ1v) is 10.8. The van der Waals surface area contributed by atoms with E-state index >= 15 is 0 Å². The highest BCUT2D eigenvalue weighted by Gasteiger charge is 2.42. The number of carbonyl (C=O) groups is 2. The zero-order chi connectivity index (χ0) is 19.7. The van der Waals surface area contributed by atoms with Crippen molar-refractivity contribution < 1.29 is 18.0 Å². The van der Waals surface area contributed by atoms with Gasteiger partial charge < -0.3 is 5.32 Å². The molecule has 4 rings (SSSR count). The van der Waals surface area contributed by atoms with Crippen LogP contribution in [-0.4, -0.2) is 31.1 Å². The highest BCUT2D eigenvalue weighted by molar-refractivity contribution is 7.90. The third-order valence-corrected chi connectivity index (χ3v) is 7.19. The van der Waals surface area contributed by atoms with Gasteiger partial charge in [-0.15, -0.1) is 11.3 Å². The summed E-state index contributed by atoms with van der Waals surface area (Å²) in [5.74, 6) is -1.23. The van der Waals surface area contributed by atoms with Crippen LogP contribution in [0, 0.1) is 0 Å². The molecule has 0 radical (unpaired) electrons. The van der Waals surface area contributed by atoms with Crippen LogP contribution in [0.5, 0.6) is 0 Å². The monoisotopic (exact) mass is 412 g/mol. The lowest BCUT2D eigenvalue weighted by Crippen LogP contribution is -2.41. The molecule has 0 saturated heterocycles. The van der Waals surface area contributed by atoms with Crippen LogP contribution in [0.15, 0.2) is 77.0 Å². The molecule has 6 nitrogen and oxygen atoms in total. The molecular formula is C20H16N2O4S2. The molecule has 1 atom stereocenters. The molecule has 142 valence electrons. The van der Waals surface area contributed by atoms with Crippen LogP contribution in [0.4, 0.5) is 0 Å². The van der Waals surface area contributed by atoms with Gasteiger partial charge in [-0.25, -0.2) is 12.7 Å². The van der Waals surface area contributed by atoms with E-state index < -0.39 is 34.4 Å². The quantitative estimate of drug-likeness (QED) is 0.699. The number of nitrogens with zero attached hydrogens (tertiary/aromatic N) is 1. The standard InChI is InChI=1S/C20H16N2O4S2/c23-18(13-22-20(24)15-9-4-5-11-17(15)28(22,25)26)21-19(16-10-6-12-27-16)14-7-2-1-3-8-14/h1-12,19H,13H2,(H,21,23). The molecule has 1 aliphatic rings. The van der Waals surface area contributed by atoms with Crippen molar-refractivity contribution in [3.8, 4) is 0 Å². The van der Waals surface area contributed by atoms with Crippen molar-refractivity contribution in [1.29, 1.82) is 0 Å². The number of amides is 2. The van der Waals surface area contributed by atoms with Gasteiger partial charge in [0.05, 0.1) is 11.6 Å². The van der Waals surface area contributed by atoms with E-state index in [0.29, 0.717) is 4.31 Å². The third kappa shape index (κ3) is 3.21. The van der Waals surface area contributed by atoms with Crippen LogP contribution in [-0.2, 0) is 14.8 Å². The van der Waals surface area contributed by atoms with E-state index in [1.807, 2.05) is 47.8 Å². The van der Waals surface area contributed by atoms with E-state index in [4.69, 9.17) is 0 Å². The largest absolute Gasteiger partial charge is 0.343 e. The Labute approximate surface area is 166 Å². The second-order valence-corrected chi connectivity index (χ2v) is 9.05. The third-order valence-electron chi connectivity index (χ3n) is 4.47. The van der Waals surface area contributed by atoms with Gasteiger partial charge in [0, 0.05) is 4.88 Å². The Hall–Kier alpha value is -2.97. The highest BCUT2D eigenvalue weighted by atomic mass is 32.2. The van der Waals surface area contributed by atoms with Crippen molar-refractivity contribution >= 4 is 33.2 Å². The zero-order valence-corrected chi connectivity index (χ0v) is 16.2. The molecule has 0 saturated carbocycles. The summed E-state index contributed by atoms with van der Waals surface area (Å²) in [7, 11) is -4.02. The summed E-state index contributed by atoms with van der Waals surface area (Å²) in [6, 6.07) is 18.7. The molecule has 3 aromatic rings. The van der Waals surface area contributed by atoms with Gasteiger partial charge in [0.1, 0.15) is 11.4 Å². The van der Waals surface area contributed by atoms with Crippen molar-refractivity contribution in [3.63, 3.8) is 0 Å². The minimum absolute atomic E-state index is 0.0642. The first-order valence-electron chi connectivity index (χ1n) is 8.52. The summed E-state index contributed by atoms with van der Waals surface area (Å²) in [5.41, 5.74) is 0.963. The molecule has 0 aliphatic carbocycles. The van der Waals surface area contributed by atoms with Gasteiger partial charge in [-0.1, -0.05) is 48.5 Å². The van der Waals surface area contributed by atoms with Crippen molar-refractivity contribution in [3.05, 3.63) is 88.1 Å². The Morgan fingerprint density at radius 1 is 1.00 bits per heavy atom. The number of rotatable bonds is 5. The summed E-state index contributed by atoms with van der Waals surface area (Å²) < 4.78 is 25.9. The lowest BCUT2D eigenvalue weighted by atomic mass is 10.1. The minimum Gasteiger partial charge on any atom is -0.343 e. The van der Waals surface area contributed by atoms with Gasteiger partial charge >= 0.3 is 0 Å². The van der Waals surface area contributed by atoms with Crippen LogP contribution < -0.4 is 5.32 Å². The van der Waals surface area contributed by atoms with Crippen LogP contribution in [0.1, 0.15) is 26.8 Å². The molecule has 1 aromatic heterocycles. The van der Waals surface area contributed by atoms with Crippen LogP contribution in [0.25, 0.3) is 0 Å². The molecule has 1 aliphatic heterocycles. The van der Waals surface area contributed by atoms with Gasteiger partial charge in [0.25, 0.3) is 15.9 Å². The fraction of sp³-hybridized carbons (Fsp3) is 0.100. The number of hydrogen-bond donors (Lipinski definition) is 1. The first-order chi connectivity index (χ1) is 13.5. The SMILES string of the molecule is O=C(CN1C(=O)c2ccccc2S1(=O)=O)NC(c1ccccc1)c1cccs1. The smallest absolute Gasteiger partial charge is 0.269 e. The van der Waals surface area contributed by atoms with E-state index in [2.05, 4.69) is 5.32 Å². The molecule has 2 amide bonds. The minimum atomic E-state index is -4.02. The number of thiophene rings is 1. The van der Waals surface area contributed by atoms with Crippen LogP contribution >= 0.6 is 11.3 Å². The van der Waals surface area contributed by atoms with Crippen molar-refractivity contribution in [1.82, 2.24) is 9.62 Å². The molecule has 8 heteroatoms. The number of benzene rings is 2. The van der Waals surface area contributed by atoms with Gasteiger partial charge in [-0.2, -0.15) is 0 Å². The molecule has 1 unspecified atom stereocenters. The lowest BCUT2D eigenvalue weighted by molar-refractivity contribution is -0.121. The normalized spacial score (nSPS) is 15.9. The molecule has 28 heavy (non-hydrogen) atoms. The lowest BCUT2D eigenvalue weighted by Gasteiger charge is -2.20. The predicted molar refractivity (Wildman–Crippen MR) is 105 cm³/mol. The Balaban J connectivity index is 1.58. The zero-order valence-electron chi connectivity index (χ0n) is 14.6. The number of sulfonamides is 1. The Bertz CT molecular complexity index is 1130. The fourth-order valence-corrected chi connectivity index (χ4v) is 5.47. The molecular weight excluding hydrogens is 396 g/mol. The van der Waals surface area contributed by atoms with Gasteiger partial charge in [-0.3, -0.25) is 9.59 Å². The van der Waals surface area contributed by atoms with E-state index in [0.717, 1.165) is 10.4 Å². The number of nitrogens with one attached hydrogen (secondary N) is 1.